The quantitative estimate of drug-likeness (QED) is 0.821. The number of hydrogen-bond donors (Lipinski definition) is 1. The fourth-order valence-electron chi connectivity index (χ4n) is 2.40. The lowest BCUT2D eigenvalue weighted by Gasteiger charge is -2.36. The van der Waals surface area contributed by atoms with Crippen molar-refractivity contribution in [1.82, 2.24) is 5.32 Å². The monoisotopic (exact) mass is 237 g/mol. The molecule has 1 nitrogen and oxygen atoms in total. The normalized spacial score (nSPS) is 24.8. The fraction of sp³-hybridized carbons (Fsp3) is 0.714. The highest BCUT2D eigenvalue weighted by atomic mass is 32.1. The molecule has 1 saturated carbocycles. The minimum atomic E-state index is 0.766. The summed E-state index contributed by atoms with van der Waals surface area (Å²) in [7, 11) is 0. The Kier molecular flexibility index (Phi) is 4.04. The third kappa shape index (κ3) is 2.86. The lowest BCUT2D eigenvalue weighted by Crippen LogP contribution is -2.34. The van der Waals surface area contributed by atoms with E-state index in [1.165, 1.54) is 24.3 Å². The van der Waals surface area contributed by atoms with Crippen molar-refractivity contribution in [3.8, 4) is 0 Å². The lowest BCUT2D eigenvalue weighted by atomic mass is 9.73. The van der Waals surface area contributed by atoms with Crippen molar-refractivity contribution in [2.24, 2.45) is 11.8 Å². The predicted octanol–water partition coefficient (Wildman–Crippen LogP) is 3.80. The Morgan fingerprint density at radius 1 is 1.38 bits per heavy atom. The summed E-state index contributed by atoms with van der Waals surface area (Å²) < 4.78 is 0. The van der Waals surface area contributed by atoms with Gasteiger partial charge < -0.3 is 5.32 Å². The molecule has 90 valence electrons. The van der Waals surface area contributed by atoms with Gasteiger partial charge in [-0.3, -0.25) is 0 Å². The molecule has 0 aliphatic heterocycles. The Balaban J connectivity index is 1.80. The van der Waals surface area contributed by atoms with Crippen molar-refractivity contribution < 1.29 is 0 Å². The minimum absolute atomic E-state index is 0.766. The molecule has 1 aliphatic carbocycles. The van der Waals surface area contributed by atoms with Gasteiger partial charge in [0.15, 0.2) is 0 Å². The van der Waals surface area contributed by atoms with Gasteiger partial charge in [0.2, 0.25) is 0 Å². The van der Waals surface area contributed by atoms with Crippen molar-refractivity contribution in [1.29, 1.82) is 0 Å². The molecule has 1 aromatic rings. The summed E-state index contributed by atoms with van der Waals surface area (Å²) in [5.74, 6) is 2.50. The zero-order valence-electron chi connectivity index (χ0n) is 10.6. The van der Waals surface area contributed by atoms with Crippen molar-refractivity contribution in [2.45, 2.75) is 39.5 Å². The number of hydrogen-bond acceptors (Lipinski definition) is 2. The van der Waals surface area contributed by atoms with Crippen LogP contribution >= 0.6 is 11.3 Å². The zero-order valence-corrected chi connectivity index (χ0v) is 11.4. The molecule has 16 heavy (non-hydrogen) atoms. The van der Waals surface area contributed by atoms with Gasteiger partial charge in [0, 0.05) is 9.75 Å². The van der Waals surface area contributed by atoms with Crippen LogP contribution in [0.3, 0.4) is 0 Å². The first-order chi connectivity index (χ1) is 7.66. The summed E-state index contributed by atoms with van der Waals surface area (Å²) in [6.45, 7) is 9.12. The molecule has 0 bridgehead atoms. The predicted molar refractivity (Wildman–Crippen MR) is 72.2 cm³/mol. The Labute approximate surface area is 103 Å². The fourth-order valence-corrected chi connectivity index (χ4v) is 3.50. The first-order valence-electron chi connectivity index (χ1n) is 6.44. The number of nitrogens with one attached hydrogen (secondary N) is 1. The van der Waals surface area contributed by atoms with Crippen molar-refractivity contribution in [3.63, 3.8) is 0 Å². The second kappa shape index (κ2) is 5.33. The van der Waals surface area contributed by atoms with E-state index in [-0.39, 0.29) is 0 Å². The van der Waals surface area contributed by atoms with E-state index in [0.29, 0.717) is 0 Å². The molecule has 1 heterocycles. The molecule has 0 radical (unpaired) electrons. The van der Waals surface area contributed by atoms with E-state index in [1.54, 1.807) is 4.88 Å². The molecule has 1 fully saturated rings. The Morgan fingerprint density at radius 2 is 2.19 bits per heavy atom. The van der Waals surface area contributed by atoms with Crippen LogP contribution in [0.25, 0.3) is 0 Å². The minimum Gasteiger partial charge on any atom is -0.316 e. The van der Waals surface area contributed by atoms with Gasteiger partial charge in [-0.1, -0.05) is 13.8 Å². The topological polar surface area (TPSA) is 12.0 Å². The van der Waals surface area contributed by atoms with E-state index in [1.807, 2.05) is 11.3 Å². The van der Waals surface area contributed by atoms with Crippen LogP contribution in [-0.4, -0.2) is 13.1 Å². The van der Waals surface area contributed by atoms with E-state index in [0.717, 1.165) is 24.3 Å². The van der Waals surface area contributed by atoms with Crippen molar-refractivity contribution in [3.05, 3.63) is 21.9 Å². The highest BCUT2D eigenvalue weighted by Gasteiger charge is 2.32. The van der Waals surface area contributed by atoms with Gasteiger partial charge in [-0.25, -0.2) is 0 Å². The third-order valence-electron chi connectivity index (χ3n) is 3.50. The summed E-state index contributed by atoms with van der Waals surface area (Å²) in [6.07, 6.45) is 2.81. The maximum absolute atomic E-state index is 3.60. The molecule has 0 saturated heterocycles. The molecule has 2 heteroatoms. The van der Waals surface area contributed by atoms with Gasteiger partial charge in [0.05, 0.1) is 0 Å². The molecule has 0 spiro atoms. The average Bonchev–Trinajstić information content (AvgIpc) is 2.57. The van der Waals surface area contributed by atoms with E-state index in [9.17, 15) is 0 Å². The third-order valence-corrected chi connectivity index (χ3v) is 4.64. The van der Waals surface area contributed by atoms with Gasteiger partial charge in [0.25, 0.3) is 0 Å². The SMILES string of the molecule is Cc1ccc(C2CCC2CNCC(C)C)s1. The van der Waals surface area contributed by atoms with Crippen LogP contribution in [0.5, 0.6) is 0 Å². The van der Waals surface area contributed by atoms with Gasteiger partial charge >= 0.3 is 0 Å². The molecule has 2 unspecified atom stereocenters. The smallest absolute Gasteiger partial charge is 0.00822 e. The van der Waals surface area contributed by atoms with Crippen LogP contribution in [0.2, 0.25) is 0 Å². The summed E-state index contributed by atoms with van der Waals surface area (Å²) in [5.41, 5.74) is 0. The second-order valence-electron chi connectivity index (χ2n) is 5.44. The van der Waals surface area contributed by atoms with Crippen LogP contribution in [0, 0.1) is 18.8 Å². The van der Waals surface area contributed by atoms with Crippen LogP contribution < -0.4 is 5.32 Å². The molecular formula is C14H23NS. The van der Waals surface area contributed by atoms with E-state index >= 15 is 0 Å². The van der Waals surface area contributed by atoms with Gasteiger partial charge in [-0.05, 0) is 62.7 Å². The Morgan fingerprint density at radius 3 is 2.69 bits per heavy atom. The van der Waals surface area contributed by atoms with Crippen molar-refractivity contribution in [2.75, 3.05) is 13.1 Å². The summed E-state index contributed by atoms with van der Waals surface area (Å²) in [6, 6.07) is 4.59. The highest BCUT2D eigenvalue weighted by Crippen LogP contribution is 2.44. The molecule has 0 aromatic carbocycles. The maximum Gasteiger partial charge on any atom is 0.00822 e. The van der Waals surface area contributed by atoms with Crippen LogP contribution in [-0.2, 0) is 0 Å². The van der Waals surface area contributed by atoms with E-state index < -0.39 is 0 Å². The molecule has 2 atom stereocenters. The van der Waals surface area contributed by atoms with Crippen LogP contribution in [0.1, 0.15) is 42.4 Å². The summed E-state index contributed by atoms with van der Waals surface area (Å²) in [5, 5.41) is 3.60. The number of rotatable bonds is 5. The van der Waals surface area contributed by atoms with Crippen LogP contribution in [0.15, 0.2) is 12.1 Å². The van der Waals surface area contributed by atoms with E-state index in [2.05, 4.69) is 38.2 Å². The van der Waals surface area contributed by atoms with E-state index in [4.69, 9.17) is 0 Å². The highest BCUT2D eigenvalue weighted by molar-refractivity contribution is 7.12. The van der Waals surface area contributed by atoms with Crippen molar-refractivity contribution >= 4 is 11.3 Å². The molecule has 2 rings (SSSR count). The number of aryl methyl sites for hydroxylation is 1. The molecule has 0 amide bonds. The average molecular weight is 237 g/mol. The Bertz CT molecular complexity index is 329. The van der Waals surface area contributed by atoms with Gasteiger partial charge in [-0.2, -0.15) is 0 Å². The van der Waals surface area contributed by atoms with Gasteiger partial charge in [-0.15, -0.1) is 11.3 Å². The second-order valence-corrected chi connectivity index (χ2v) is 6.76. The number of thiophene rings is 1. The first kappa shape index (κ1) is 12.1. The standard InChI is InChI=1S/C14H23NS/c1-10(2)8-15-9-12-5-6-13(12)14-7-4-11(3)16-14/h4,7,10,12-13,15H,5-6,8-9H2,1-3H3. The van der Waals surface area contributed by atoms with Crippen LogP contribution in [0.4, 0.5) is 0 Å². The Hall–Kier alpha value is -0.340. The maximum atomic E-state index is 3.60. The molecule has 1 aliphatic rings. The first-order valence-corrected chi connectivity index (χ1v) is 7.25. The van der Waals surface area contributed by atoms with Gasteiger partial charge in [0.1, 0.15) is 0 Å². The summed E-state index contributed by atoms with van der Waals surface area (Å²) >= 11 is 1.99. The largest absolute Gasteiger partial charge is 0.316 e. The molecular weight excluding hydrogens is 214 g/mol. The summed E-state index contributed by atoms with van der Waals surface area (Å²) in [4.78, 5) is 3.07. The molecule has 1 N–H and O–H groups in total. The molecule has 1 aromatic heterocycles. The zero-order chi connectivity index (χ0) is 11.5. The lowest BCUT2D eigenvalue weighted by molar-refractivity contribution is 0.246.